The molecule has 2 aromatic heterocycles. The lowest BCUT2D eigenvalue weighted by Crippen LogP contribution is -2.13. The van der Waals surface area contributed by atoms with Gasteiger partial charge in [-0.2, -0.15) is 9.94 Å². The van der Waals surface area contributed by atoms with Crippen LogP contribution in [0.3, 0.4) is 0 Å². The molecule has 9 nitrogen and oxygen atoms in total. The minimum absolute atomic E-state index is 0.0634. The van der Waals surface area contributed by atoms with Crippen LogP contribution < -0.4 is 5.73 Å². The molecule has 2 heterocycles. The Labute approximate surface area is 136 Å². The Hall–Kier alpha value is -3.67. The van der Waals surface area contributed by atoms with E-state index in [0.717, 1.165) is 5.56 Å². The molecule has 3 rings (SSSR count). The van der Waals surface area contributed by atoms with Gasteiger partial charge >= 0.3 is 5.97 Å². The van der Waals surface area contributed by atoms with E-state index in [2.05, 4.69) is 15.5 Å². The number of ether oxygens (including phenoxy) is 1. The maximum absolute atomic E-state index is 12.2. The van der Waals surface area contributed by atoms with Crippen molar-refractivity contribution < 1.29 is 9.53 Å². The highest BCUT2D eigenvalue weighted by atomic mass is 16.5. The zero-order valence-electron chi connectivity index (χ0n) is 13.0. The van der Waals surface area contributed by atoms with E-state index in [9.17, 15) is 10.1 Å². The number of hydrogen-bond donors (Lipinski definition) is 1. The Morgan fingerprint density at radius 1 is 1.38 bits per heavy atom. The number of nitrogens with zero attached hydrogens (tertiary/aromatic N) is 6. The molecule has 0 radical (unpaired) electrons. The van der Waals surface area contributed by atoms with Crippen LogP contribution in [0.2, 0.25) is 0 Å². The average molecular weight is 323 g/mol. The first kappa shape index (κ1) is 15.2. The highest BCUT2D eigenvalue weighted by Crippen LogP contribution is 2.28. The summed E-state index contributed by atoms with van der Waals surface area (Å²) in [4.78, 5) is 12.2. The second-order valence-corrected chi connectivity index (χ2v) is 5.03. The topological polar surface area (TPSA) is 125 Å². The highest BCUT2D eigenvalue weighted by molar-refractivity contribution is 5.96. The molecular formula is C15H13N7O2. The van der Waals surface area contributed by atoms with Crippen LogP contribution in [0.1, 0.15) is 21.6 Å². The van der Waals surface area contributed by atoms with Gasteiger partial charge in [-0.3, -0.25) is 0 Å². The van der Waals surface area contributed by atoms with E-state index in [-0.39, 0.29) is 16.9 Å². The molecule has 0 aliphatic rings. The maximum Gasteiger partial charge on any atom is 0.357 e. The Morgan fingerprint density at radius 3 is 2.79 bits per heavy atom. The minimum Gasteiger partial charge on any atom is -0.464 e. The number of nitriles is 1. The third kappa shape index (κ3) is 2.36. The molecule has 0 saturated carbocycles. The predicted octanol–water partition coefficient (Wildman–Crippen LogP) is 1.00. The van der Waals surface area contributed by atoms with Gasteiger partial charge in [-0.1, -0.05) is 6.07 Å². The molecule has 0 bridgehead atoms. The molecule has 1 aromatic carbocycles. The fourth-order valence-electron chi connectivity index (χ4n) is 2.40. The van der Waals surface area contributed by atoms with Gasteiger partial charge in [0.2, 0.25) is 0 Å². The number of rotatable bonds is 3. The largest absolute Gasteiger partial charge is 0.464 e. The molecule has 120 valence electrons. The van der Waals surface area contributed by atoms with Gasteiger partial charge in [0.05, 0.1) is 29.7 Å². The van der Waals surface area contributed by atoms with Gasteiger partial charge in [-0.15, -0.1) is 5.10 Å². The molecule has 9 heteroatoms. The summed E-state index contributed by atoms with van der Waals surface area (Å²) < 4.78 is 7.78. The van der Waals surface area contributed by atoms with E-state index in [1.807, 2.05) is 31.2 Å². The van der Waals surface area contributed by atoms with E-state index in [1.165, 1.54) is 28.9 Å². The van der Waals surface area contributed by atoms with Crippen molar-refractivity contribution in [2.45, 2.75) is 6.92 Å². The molecule has 2 N–H and O–H groups in total. The summed E-state index contributed by atoms with van der Waals surface area (Å²) in [6.07, 6.45) is 2.92. The van der Waals surface area contributed by atoms with Gasteiger partial charge in [-0.05, 0) is 35.0 Å². The molecule has 3 aromatic rings. The normalized spacial score (nSPS) is 10.4. The Kier molecular flexibility index (Phi) is 3.71. The van der Waals surface area contributed by atoms with Crippen molar-refractivity contribution in [3.8, 4) is 17.4 Å². The third-order valence-electron chi connectivity index (χ3n) is 3.53. The SMILES string of the molecule is COC(=O)c1c(N)c(C#N)cn1-c1cc(C)ccc1-n1cnnn1. The summed E-state index contributed by atoms with van der Waals surface area (Å²) in [5, 5.41) is 20.4. The first-order chi connectivity index (χ1) is 11.6. The van der Waals surface area contributed by atoms with Crippen LogP contribution in [0.5, 0.6) is 0 Å². The maximum atomic E-state index is 12.2. The summed E-state index contributed by atoms with van der Waals surface area (Å²) >= 11 is 0. The van der Waals surface area contributed by atoms with Crippen LogP contribution in [0.25, 0.3) is 11.4 Å². The molecule has 0 aliphatic carbocycles. The van der Waals surface area contributed by atoms with Crippen molar-refractivity contribution >= 4 is 11.7 Å². The molecule has 0 spiro atoms. The smallest absolute Gasteiger partial charge is 0.357 e. The van der Waals surface area contributed by atoms with Crippen LogP contribution in [-0.4, -0.2) is 37.9 Å². The lowest BCUT2D eigenvalue weighted by molar-refractivity contribution is 0.0593. The number of benzene rings is 1. The fourth-order valence-corrected chi connectivity index (χ4v) is 2.40. The second kappa shape index (κ2) is 5.85. The minimum atomic E-state index is -0.641. The summed E-state index contributed by atoms with van der Waals surface area (Å²) in [6, 6.07) is 7.51. The third-order valence-corrected chi connectivity index (χ3v) is 3.53. The van der Waals surface area contributed by atoms with Crippen molar-refractivity contribution in [3.05, 3.63) is 47.5 Å². The van der Waals surface area contributed by atoms with Gasteiger partial charge in [-0.25, -0.2) is 4.79 Å². The fraction of sp³-hybridized carbons (Fsp3) is 0.133. The van der Waals surface area contributed by atoms with Gasteiger partial charge in [0.25, 0.3) is 0 Å². The van der Waals surface area contributed by atoms with Gasteiger partial charge < -0.3 is 15.0 Å². The van der Waals surface area contributed by atoms with E-state index in [1.54, 1.807) is 0 Å². The number of nitrogens with two attached hydrogens (primary N) is 1. The lowest BCUT2D eigenvalue weighted by atomic mass is 10.2. The lowest BCUT2D eigenvalue weighted by Gasteiger charge is -2.13. The first-order valence-electron chi connectivity index (χ1n) is 6.90. The van der Waals surface area contributed by atoms with Crippen molar-refractivity contribution in [1.82, 2.24) is 24.8 Å². The monoisotopic (exact) mass is 323 g/mol. The number of nitrogen functional groups attached to an aromatic ring is 1. The Morgan fingerprint density at radius 2 is 2.17 bits per heavy atom. The standard InChI is InChI=1S/C15H13N7O2/c1-9-3-4-11(22-8-18-19-20-22)12(5-9)21-7-10(6-16)13(17)14(21)15(23)24-2/h3-5,7-8H,17H2,1-2H3. The first-order valence-corrected chi connectivity index (χ1v) is 6.90. The Balaban J connectivity index is 2.33. The van der Waals surface area contributed by atoms with Crippen molar-refractivity contribution in [3.63, 3.8) is 0 Å². The molecule has 0 amide bonds. The van der Waals surface area contributed by atoms with E-state index < -0.39 is 5.97 Å². The zero-order valence-corrected chi connectivity index (χ0v) is 13.0. The molecule has 0 fully saturated rings. The summed E-state index contributed by atoms with van der Waals surface area (Å²) in [6.45, 7) is 1.91. The van der Waals surface area contributed by atoms with Gasteiger partial charge in [0.15, 0.2) is 5.69 Å². The number of carbonyl (C=O) groups excluding carboxylic acids is 1. The quantitative estimate of drug-likeness (QED) is 0.713. The number of tetrazole rings is 1. The highest BCUT2D eigenvalue weighted by Gasteiger charge is 2.23. The number of methoxy groups -OCH3 is 1. The van der Waals surface area contributed by atoms with Gasteiger partial charge in [0.1, 0.15) is 12.4 Å². The molecule has 0 atom stereocenters. The van der Waals surface area contributed by atoms with Crippen LogP contribution in [0.15, 0.2) is 30.7 Å². The number of carbonyl (C=O) groups is 1. The predicted molar refractivity (Wildman–Crippen MR) is 83.7 cm³/mol. The Bertz CT molecular complexity index is 951. The average Bonchev–Trinajstić information content (AvgIpc) is 3.22. The summed E-state index contributed by atoms with van der Waals surface area (Å²) in [7, 11) is 1.25. The van der Waals surface area contributed by atoms with Crippen molar-refractivity contribution in [2.75, 3.05) is 12.8 Å². The molecule has 0 unspecified atom stereocenters. The van der Waals surface area contributed by atoms with E-state index >= 15 is 0 Å². The van der Waals surface area contributed by atoms with Crippen molar-refractivity contribution in [2.24, 2.45) is 0 Å². The van der Waals surface area contributed by atoms with Crippen LogP contribution >= 0.6 is 0 Å². The zero-order chi connectivity index (χ0) is 17.3. The van der Waals surface area contributed by atoms with Crippen LogP contribution in [0, 0.1) is 18.3 Å². The number of aryl methyl sites for hydroxylation is 1. The molecular weight excluding hydrogens is 310 g/mol. The summed E-state index contributed by atoms with van der Waals surface area (Å²) in [5.41, 5.74) is 8.43. The molecule has 0 saturated heterocycles. The number of esters is 1. The number of anilines is 1. The van der Waals surface area contributed by atoms with Crippen LogP contribution in [-0.2, 0) is 4.74 Å². The second-order valence-electron chi connectivity index (χ2n) is 5.03. The summed E-state index contributed by atoms with van der Waals surface area (Å²) in [5.74, 6) is -0.641. The van der Waals surface area contributed by atoms with Crippen molar-refractivity contribution in [1.29, 1.82) is 5.26 Å². The van der Waals surface area contributed by atoms with Gasteiger partial charge in [0, 0.05) is 6.20 Å². The van der Waals surface area contributed by atoms with E-state index in [0.29, 0.717) is 11.4 Å². The number of aromatic nitrogens is 5. The number of hydrogen-bond acceptors (Lipinski definition) is 7. The molecule has 0 aliphatic heterocycles. The van der Waals surface area contributed by atoms with E-state index in [4.69, 9.17) is 10.5 Å². The van der Waals surface area contributed by atoms with Crippen LogP contribution in [0.4, 0.5) is 5.69 Å². The molecule has 24 heavy (non-hydrogen) atoms.